The molecule has 0 saturated carbocycles. The average molecular weight is 821 g/mol. The van der Waals surface area contributed by atoms with Crippen molar-refractivity contribution in [1.29, 1.82) is 0 Å². The van der Waals surface area contributed by atoms with Crippen LogP contribution >= 0.6 is 0 Å². The Morgan fingerprint density at radius 3 is 1.83 bits per heavy atom. The lowest BCUT2D eigenvalue weighted by Gasteiger charge is -2.57. The van der Waals surface area contributed by atoms with Gasteiger partial charge in [0.15, 0.2) is 0 Å². The number of piperidine rings is 1. The van der Waals surface area contributed by atoms with Crippen LogP contribution in [-0.4, -0.2) is 130 Å². The van der Waals surface area contributed by atoms with Crippen molar-refractivity contribution >= 4 is 41.5 Å². The number of rotatable bonds is 24. The molecule has 2 fully saturated rings. The Morgan fingerprint density at radius 1 is 0.712 bits per heavy atom. The number of carboxylic acids is 2. The molecule has 4 rings (SSSR count). The molecule has 2 bridgehead atoms. The third-order valence-electron chi connectivity index (χ3n) is 10.6. The third-order valence-corrected chi connectivity index (χ3v) is 10.6. The van der Waals surface area contributed by atoms with Crippen molar-refractivity contribution in [3.8, 4) is 0 Å². The first kappa shape index (κ1) is 46.3. The molecule has 2 saturated heterocycles. The monoisotopic (exact) mass is 820 g/mol. The van der Waals surface area contributed by atoms with Gasteiger partial charge in [-0.15, -0.1) is 0 Å². The van der Waals surface area contributed by atoms with Crippen LogP contribution in [0.3, 0.4) is 0 Å². The van der Waals surface area contributed by atoms with E-state index >= 15 is 0 Å². The number of carbonyl (C=O) groups is 7. The van der Waals surface area contributed by atoms with Gasteiger partial charge in [0.25, 0.3) is 0 Å². The number of unbranched alkanes of at least 4 members (excludes halogenated alkanes) is 1. The maximum Gasteiger partial charge on any atom is 0.326 e. The van der Waals surface area contributed by atoms with Gasteiger partial charge in [0.2, 0.25) is 29.5 Å². The highest BCUT2D eigenvalue weighted by Gasteiger charge is 2.49. The van der Waals surface area contributed by atoms with Gasteiger partial charge in [-0.05, 0) is 68.5 Å². The fourth-order valence-corrected chi connectivity index (χ4v) is 7.63. The highest BCUT2D eigenvalue weighted by molar-refractivity contribution is 5.95. The number of nitrogens with two attached hydrogens (primary N) is 2. The summed E-state index contributed by atoms with van der Waals surface area (Å²) in [6.07, 6.45) is 2.19. The normalized spacial score (nSPS) is 18.6. The molecule has 0 spiro atoms. The lowest BCUT2D eigenvalue weighted by Crippen LogP contribution is -2.73. The zero-order valence-electron chi connectivity index (χ0n) is 33.9. The number of amides is 5. The highest BCUT2D eigenvalue weighted by Crippen LogP contribution is 2.33. The van der Waals surface area contributed by atoms with Gasteiger partial charge in [-0.1, -0.05) is 74.5 Å². The van der Waals surface area contributed by atoms with Crippen molar-refractivity contribution in [1.82, 2.24) is 31.1 Å². The van der Waals surface area contributed by atoms with Gasteiger partial charge in [-0.3, -0.25) is 33.7 Å². The van der Waals surface area contributed by atoms with E-state index in [2.05, 4.69) is 21.3 Å². The third kappa shape index (κ3) is 14.4. The molecule has 2 aromatic rings. The van der Waals surface area contributed by atoms with E-state index in [4.69, 9.17) is 16.6 Å². The number of piperazine rings is 1. The van der Waals surface area contributed by atoms with Crippen LogP contribution < -0.4 is 32.7 Å². The Morgan fingerprint density at radius 2 is 1.27 bits per heavy atom. The van der Waals surface area contributed by atoms with Gasteiger partial charge >= 0.3 is 11.9 Å². The Bertz CT molecular complexity index is 1740. The molecule has 0 aliphatic carbocycles. The average Bonchev–Trinajstić information content (AvgIpc) is 3.18. The molecule has 17 nitrogen and oxygen atoms in total. The van der Waals surface area contributed by atoms with E-state index in [1.807, 2.05) is 79.4 Å². The van der Waals surface area contributed by atoms with Gasteiger partial charge in [0.05, 0.1) is 12.6 Å². The summed E-state index contributed by atoms with van der Waals surface area (Å²) in [6.45, 7) is 4.79. The molecule has 7 atom stereocenters. The number of carbonyl (C=O) groups excluding carboxylic acids is 5. The summed E-state index contributed by atoms with van der Waals surface area (Å²) in [7, 11) is 0. The van der Waals surface area contributed by atoms with Crippen molar-refractivity contribution in [3.63, 3.8) is 0 Å². The number of likely N-dealkylation sites (tertiary alicyclic amines) is 2. The predicted octanol–water partition coefficient (Wildman–Crippen LogP) is 0.148. The largest absolute Gasteiger partial charge is 0.481 e. The number of hydrogen-bond donors (Lipinski definition) is 8. The standard InChI is InChI=1S/C42H60N8O9/c1-26(2)19-34(48-40(56)35(21-28-13-7-4-8-14-28)47-38(54)31(44)20-27-11-5-3-6-12-27)39(55)46-32(15-9-10-18-43)41(57)50-29-22-30(50)24-49(23-29)25-36(51)45-33(42(58)59)16-17-37(52)53/h3-8,11-14,26,29-35H,9-10,15-25,43-44H2,1-2H3,(H,45,51)(H,46,55)(H,47,54)(H,48,56)(H,52,53)(H,58,59). The maximum atomic E-state index is 14.2. The van der Waals surface area contributed by atoms with E-state index in [1.165, 1.54) is 0 Å². The minimum atomic E-state index is -1.34. The first-order valence-corrected chi connectivity index (χ1v) is 20.4. The summed E-state index contributed by atoms with van der Waals surface area (Å²) in [5.41, 5.74) is 13.7. The lowest BCUT2D eigenvalue weighted by atomic mass is 9.86. The topological polar surface area (TPSA) is 267 Å². The van der Waals surface area contributed by atoms with E-state index in [1.54, 1.807) is 4.90 Å². The second kappa shape index (κ2) is 22.7. The van der Waals surface area contributed by atoms with E-state index in [0.29, 0.717) is 45.3 Å². The van der Waals surface area contributed by atoms with Gasteiger partial charge in [-0.25, -0.2) is 4.79 Å². The minimum Gasteiger partial charge on any atom is -0.481 e. The molecule has 17 heteroatoms. The van der Waals surface area contributed by atoms with Crippen LogP contribution in [0.1, 0.15) is 69.9 Å². The van der Waals surface area contributed by atoms with E-state index in [9.17, 15) is 38.7 Å². The first-order valence-electron chi connectivity index (χ1n) is 20.4. The van der Waals surface area contributed by atoms with E-state index in [-0.39, 0.29) is 56.1 Å². The van der Waals surface area contributed by atoms with Crippen LogP contribution in [0.25, 0.3) is 0 Å². The Kier molecular flexibility index (Phi) is 17.8. The molecule has 5 amide bonds. The van der Waals surface area contributed by atoms with Crippen LogP contribution in [0.5, 0.6) is 0 Å². The van der Waals surface area contributed by atoms with Gasteiger partial charge < -0.3 is 47.8 Å². The zero-order valence-corrected chi connectivity index (χ0v) is 33.9. The smallest absolute Gasteiger partial charge is 0.326 e. The number of fused-ring (bicyclic) bond motifs is 2. The van der Waals surface area contributed by atoms with E-state index in [0.717, 1.165) is 11.1 Å². The van der Waals surface area contributed by atoms with Crippen LogP contribution in [0.15, 0.2) is 60.7 Å². The Labute approximate surface area is 345 Å². The fraction of sp³-hybridized carbons (Fsp3) is 0.548. The summed E-state index contributed by atoms with van der Waals surface area (Å²) in [5, 5.41) is 29.3. The summed E-state index contributed by atoms with van der Waals surface area (Å²) in [6, 6.07) is 12.7. The molecule has 7 unspecified atom stereocenters. The molecule has 2 heterocycles. The fourth-order valence-electron chi connectivity index (χ4n) is 7.63. The lowest BCUT2D eigenvalue weighted by molar-refractivity contribution is -0.158. The number of nitrogens with zero attached hydrogens (tertiary/aromatic N) is 2. The molecule has 0 radical (unpaired) electrons. The Balaban J connectivity index is 1.43. The molecular weight excluding hydrogens is 761 g/mol. The van der Waals surface area contributed by atoms with Gasteiger partial charge in [0.1, 0.15) is 24.2 Å². The summed E-state index contributed by atoms with van der Waals surface area (Å²) < 4.78 is 0. The second-order valence-electron chi connectivity index (χ2n) is 16.0. The van der Waals surface area contributed by atoms with Crippen LogP contribution in [0, 0.1) is 5.92 Å². The molecule has 2 aliphatic rings. The molecule has 2 aromatic carbocycles. The number of aliphatic carboxylic acids is 2. The molecule has 10 N–H and O–H groups in total. The Hall–Kier alpha value is -5.39. The van der Waals surface area contributed by atoms with Crippen LogP contribution in [0.4, 0.5) is 0 Å². The molecule has 59 heavy (non-hydrogen) atoms. The molecular formula is C42H60N8O9. The van der Waals surface area contributed by atoms with Crippen molar-refractivity contribution < 1.29 is 43.8 Å². The number of benzene rings is 2. The molecule has 0 aromatic heterocycles. The minimum absolute atomic E-state index is 0.0280. The number of carboxylic acid groups (broad SMARTS) is 2. The van der Waals surface area contributed by atoms with Crippen molar-refractivity contribution in [2.24, 2.45) is 17.4 Å². The van der Waals surface area contributed by atoms with Gasteiger partial charge in [0, 0.05) is 38.0 Å². The second-order valence-corrected chi connectivity index (χ2v) is 16.0. The van der Waals surface area contributed by atoms with Crippen molar-refractivity contribution in [2.45, 2.75) is 114 Å². The zero-order chi connectivity index (χ0) is 43.1. The predicted molar refractivity (Wildman–Crippen MR) is 218 cm³/mol. The maximum absolute atomic E-state index is 14.2. The quantitative estimate of drug-likeness (QED) is 0.0658. The van der Waals surface area contributed by atoms with Crippen molar-refractivity contribution in [3.05, 3.63) is 71.8 Å². The molecule has 322 valence electrons. The van der Waals surface area contributed by atoms with Crippen molar-refractivity contribution in [2.75, 3.05) is 26.2 Å². The summed E-state index contributed by atoms with van der Waals surface area (Å²) in [4.78, 5) is 94.4. The number of hydrogen-bond acceptors (Lipinski definition) is 10. The van der Waals surface area contributed by atoms with E-state index < -0.39 is 72.2 Å². The number of nitrogens with one attached hydrogen (secondary N) is 4. The van der Waals surface area contributed by atoms with Crippen LogP contribution in [0.2, 0.25) is 0 Å². The van der Waals surface area contributed by atoms with Gasteiger partial charge in [-0.2, -0.15) is 0 Å². The highest BCUT2D eigenvalue weighted by atomic mass is 16.4. The molecule has 2 aliphatic heterocycles. The summed E-state index contributed by atoms with van der Waals surface area (Å²) in [5.74, 6) is -4.99. The SMILES string of the molecule is CC(C)CC(NC(=O)C(Cc1ccccc1)NC(=O)C(N)Cc1ccccc1)C(=O)NC(CCCCN)C(=O)N1C2CC1CN(CC(=O)NC(CCC(=O)O)C(=O)O)C2. The van der Waals surface area contributed by atoms with Crippen LogP contribution in [-0.2, 0) is 46.4 Å². The first-order chi connectivity index (χ1) is 28.1. The summed E-state index contributed by atoms with van der Waals surface area (Å²) >= 11 is 0.